The molecule has 2 aromatic heterocycles. The summed E-state index contributed by atoms with van der Waals surface area (Å²) >= 11 is 0. The van der Waals surface area contributed by atoms with E-state index in [-0.39, 0.29) is 5.56 Å². The quantitative estimate of drug-likeness (QED) is 0.546. The molecule has 82 valence electrons. The molecule has 0 aliphatic carbocycles. The summed E-state index contributed by atoms with van der Waals surface area (Å²) < 4.78 is 3.32. The van der Waals surface area contributed by atoms with E-state index in [0.29, 0.717) is 11.5 Å². The highest BCUT2D eigenvalue weighted by molar-refractivity contribution is 5.83. The van der Waals surface area contributed by atoms with Gasteiger partial charge >= 0.3 is 0 Å². The first-order valence-corrected chi connectivity index (χ1v) is 5.06. The maximum absolute atomic E-state index is 11.5. The van der Waals surface area contributed by atoms with Crippen LogP contribution in [0.25, 0.3) is 21.7 Å². The van der Waals surface area contributed by atoms with Gasteiger partial charge in [-0.25, -0.2) is 9.83 Å². The average Bonchev–Trinajstić information content (AvgIpc) is 2.72. The van der Waals surface area contributed by atoms with E-state index >= 15 is 0 Å². The van der Waals surface area contributed by atoms with Gasteiger partial charge in [0.05, 0.1) is 17.6 Å². The Morgan fingerprint density at radius 3 is 2.94 bits per heavy atom. The summed E-state index contributed by atoms with van der Waals surface area (Å²) in [5, 5.41) is 0. The molecule has 0 bridgehead atoms. The Balaban J connectivity index is 2.54. The summed E-state index contributed by atoms with van der Waals surface area (Å²) in [7, 11) is 1.68. The summed E-state index contributed by atoms with van der Waals surface area (Å²) in [5.74, 6) is 0.578. The number of rotatable bonds is 0. The zero-order chi connectivity index (χ0) is 12.0. The molecule has 5 nitrogen and oxygen atoms in total. The summed E-state index contributed by atoms with van der Waals surface area (Å²) in [4.78, 5) is 19.2. The molecule has 3 aromatic rings. The Morgan fingerprint density at radius 1 is 1.35 bits per heavy atom. The van der Waals surface area contributed by atoms with Crippen LogP contribution in [0.5, 0.6) is 0 Å². The Hall–Kier alpha value is -2.61. The van der Waals surface area contributed by atoms with E-state index in [4.69, 9.17) is 6.57 Å². The number of aryl methyl sites for hydroxylation is 1. The van der Waals surface area contributed by atoms with E-state index in [1.807, 2.05) is 10.5 Å². The van der Waals surface area contributed by atoms with E-state index in [2.05, 4.69) is 9.83 Å². The van der Waals surface area contributed by atoms with Crippen molar-refractivity contribution in [2.75, 3.05) is 0 Å². The molecule has 0 aliphatic heterocycles. The number of benzene rings is 1. The molecule has 0 atom stereocenters. The Kier molecular flexibility index (Phi) is 1.80. The second-order valence-corrected chi connectivity index (χ2v) is 3.78. The van der Waals surface area contributed by atoms with Crippen molar-refractivity contribution in [3.8, 4) is 0 Å². The molecule has 0 spiro atoms. The van der Waals surface area contributed by atoms with Crippen LogP contribution in [-0.2, 0) is 7.05 Å². The summed E-state index contributed by atoms with van der Waals surface area (Å²) in [6.07, 6.45) is 1.70. The average molecular weight is 224 g/mol. The lowest BCUT2D eigenvalue weighted by molar-refractivity contribution is 0.848. The van der Waals surface area contributed by atoms with Crippen molar-refractivity contribution in [1.29, 1.82) is 0 Å². The summed E-state index contributed by atoms with van der Waals surface area (Å²) in [6.45, 7) is 6.97. The fraction of sp³-hybridized carbons (Fsp3) is 0.0833. The van der Waals surface area contributed by atoms with E-state index in [9.17, 15) is 4.79 Å². The number of aromatic nitrogens is 3. The van der Waals surface area contributed by atoms with E-state index in [0.717, 1.165) is 11.0 Å². The van der Waals surface area contributed by atoms with Crippen LogP contribution >= 0.6 is 0 Å². The smallest absolute Gasteiger partial charge is 0.254 e. The zero-order valence-electron chi connectivity index (χ0n) is 9.08. The Labute approximate surface area is 96.4 Å². The predicted molar refractivity (Wildman–Crippen MR) is 64.2 cm³/mol. The highest BCUT2D eigenvalue weighted by Gasteiger charge is 2.07. The van der Waals surface area contributed by atoms with Crippen LogP contribution < -0.4 is 5.56 Å². The van der Waals surface area contributed by atoms with Gasteiger partial charge in [0, 0.05) is 19.3 Å². The number of hydrogen-bond donors (Lipinski definition) is 0. The van der Waals surface area contributed by atoms with Crippen molar-refractivity contribution >= 4 is 22.5 Å². The lowest BCUT2D eigenvalue weighted by Gasteiger charge is -1.99. The van der Waals surface area contributed by atoms with Gasteiger partial charge in [-0.1, -0.05) is 6.07 Å². The minimum atomic E-state index is -0.0989. The van der Waals surface area contributed by atoms with Crippen molar-refractivity contribution in [2.24, 2.45) is 7.05 Å². The van der Waals surface area contributed by atoms with Gasteiger partial charge in [0.25, 0.3) is 5.56 Å². The first-order valence-electron chi connectivity index (χ1n) is 5.06. The molecule has 0 unspecified atom stereocenters. The van der Waals surface area contributed by atoms with Crippen molar-refractivity contribution < 1.29 is 0 Å². The second kappa shape index (κ2) is 3.19. The van der Waals surface area contributed by atoms with Gasteiger partial charge in [-0.2, -0.15) is 0 Å². The van der Waals surface area contributed by atoms with Gasteiger partial charge in [0.15, 0.2) is 5.69 Å². The Morgan fingerprint density at radius 2 is 2.18 bits per heavy atom. The predicted octanol–water partition coefficient (Wildman–Crippen LogP) is 1.74. The van der Waals surface area contributed by atoms with E-state index in [1.54, 1.807) is 25.4 Å². The molecule has 17 heavy (non-hydrogen) atoms. The lowest BCUT2D eigenvalue weighted by Crippen LogP contribution is -2.17. The fourth-order valence-electron chi connectivity index (χ4n) is 1.88. The molecule has 0 amide bonds. The van der Waals surface area contributed by atoms with E-state index in [1.165, 1.54) is 10.6 Å². The maximum atomic E-state index is 11.5. The highest BCUT2D eigenvalue weighted by Crippen LogP contribution is 2.21. The van der Waals surface area contributed by atoms with Gasteiger partial charge < -0.3 is 0 Å². The molecule has 0 saturated heterocycles. The molecular weight excluding hydrogens is 216 g/mol. The summed E-state index contributed by atoms with van der Waals surface area (Å²) in [5.41, 5.74) is 2.06. The third kappa shape index (κ3) is 1.24. The van der Waals surface area contributed by atoms with Crippen LogP contribution in [0.1, 0.15) is 0 Å². The molecule has 1 aromatic carbocycles. The number of hydrogen-bond acceptors (Lipinski definition) is 2. The third-order valence-electron chi connectivity index (χ3n) is 2.78. The van der Waals surface area contributed by atoms with Crippen molar-refractivity contribution in [3.05, 3.63) is 52.2 Å². The first kappa shape index (κ1) is 9.60. The SMILES string of the molecule is [C-]#[N+]c1ccc2c(c1)nc1n(C)c(=O)ccn21. The van der Waals surface area contributed by atoms with E-state index < -0.39 is 0 Å². The van der Waals surface area contributed by atoms with Crippen LogP contribution in [0.2, 0.25) is 0 Å². The molecule has 0 aliphatic rings. The van der Waals surface area contributed by atoms with Gasteiger partial charge in [-0.15, -0.1) is 0 Å². The lowest BCUT2D eigenvalue weighted by atomic mass is 10.3. The van der Waals surface area contributed by atoms with Crippen LogP contribution in [0.15, 0.2) is 35.3 Å². The van der Waals surface area contributed by atoms with Gasteiger partial charge in [-0.3, -0.25) is 13.8 Å². The van der Waals surface area contributed by atoms with Crippen LogP contribution in [0.4, 0.5) is 5.69 Å². The van der Waals surface area contributed by atoms with Gasteiger partial charge in [0.1, 0.15) is 0 Å². The molecule has 3 rings (SSSR count). The molecule has 5 heteroatoms. The van der Waals surface area contributed by atoms with Crippen LogP contribution in [0, 0.1) is 6.57 Å². The number of fused-ring (bicyclic) bond motifs is 3. The topological polar surface area (TPSA) is 43.7 Å². The summed E-state index contributed by atoms with van der Waals surface area (Å²) in [6, 6.07) is 6.80. The monoisotopic (exact) mass is 224 g/mol. The number of imidazole rings is 1. The van der Waals surface area contributed by atoms with Crippen LogP contribution in [0.3, 0.4) is 0 Å². The zero-order valence-corrected chi connectivity index (χ0v) is 9.08. The molecule has 0 N–H and O–H groups in total. The van der Waals surface area contributed by atoms with Crippen molar-refractivity contribution in [1.82, 2.24) is 14.0 Å². The normalized spacial score (nSPS) is 10.8. The highest BCUT2D eigenvalue weighted by atomic mass is 16.1. The minimum absolute atomic E-state index is 0.0989. The molecule has 0 radical (unpaired) electrons. The largest absolute Gasteiger partial charge is 0.285 e. The second-order valence-electron chi connectivity index (χ2n) is 3.78. The first-order chi connectivity index (χ1) is 8.20. The third-order valence-corrected chi connectivity index (χ3v) is 2.78. The van der Waals surface area contributed by atoms with Gasteiger partial charge in [-0.05, 0) is 12.1 Å². The van der Waals surface area contributed by atoms with Crippen molar-refractivity contribution in [2.45, 2.75) is 0 Å². The standard InChI is InChI=1S/C12H8N4O/c1-13-8-3-4-10-9(7-8)14-12-15(2)11(17)5-6-16(10)12/h3-7H,2H3. The fourth-order valence-corrected chi connectivity index (χ4v) is 1.88. The van der Waals surface area contributed by atoms with Crippen LogP contribution in [-0.4, -0.2) is 14.0 Å². The van der Waals surface area contributed by atoms with Gasteiger partial charge in [0.2, 0.25) is 5.78 Å². The molecule has 0 fully saturated rings. The maximum Gasteiger partial charge on any atom is 0.254 e. The molecule has 2 heterocycles. The van der Waals surface area contributed by atoms with Crippen molar-refractivity contribution in [3.63, 3.8) is 0 Å². The molecule has 0 saturated carbocycles. The number of nitrogens with zero attached hydrogens (tertiary/aromatic N) is 4. The Bertz CT molecular complexity index is 835. The molecular formula is C12H8N4O. The minimum Gasteiger partial charge on any atom is -0.285 e.